The maximum atomic E-state index is 12.5. The molecular formula is C12H18ClFN4O2. The van der Waals surface area contributed by atoms with Crippen LogP contribution in [-0.2, 0) is 4.74 Å². The molecule has 1 aliphatic heterocycles. The average molecular weight is 305 g/mol. The molecule has 1 atom stereocenters. The first-order valence-corrected chi connectivity index (χ1v) is 6.08. The summed E-state index contributed by atoms with van der Waals surface area (Å²) < 4.78 is 17.7. The van der Waals surface area contributed by atoms with E-state index in [1.54, 1.807) is 0 Å². The molecule has 0 spiro atoms. The Balaban J connectivity index is 0.00000200. The minimum Gasteiger partial charge on any atom is -0.384 e. The molecule has 2 heterocycles. The molecule has 0 aliphatic carbocycles. The van der Waals surface area contributed by atoms with Crippen LogP contribution in [0.2, 0.25) is 0 Å². The summed E-state index contributed by atoms with van der Waals surface area (Å²) in [5.41, 5.74) is 5.86. The highest BCUT2D eigenvalue weighted by molar-refractivity contribution is 5.85. The van der Waals surface area contributed by atoms with E-state index in [0.29, 0.717) is 31.1 Å². The van der Waals surface area contributed by atoms with Gasteiger partial charge in [-0.3, -0.25) is 0 Å². The van der Waals surface area contributed by atoms with Gasteiger partial charge in [0.2, 0.25) is 5.95 Å². The van der Waals surface area contributed by atoms with Crippen LogP contribution in [0.25, 0.3) is 0 Å². The molecule has 0 aromatic carbocycles. The smallest absolute Gasteiger partial charge is 0.225 e. The average Bonchev–Trinajstić information content (AvgIpc) is 2.49. The normalized spacial score (nSPS) is 17.6. The predicted molar refractivity (Wildman–Crippen MR) is 75.5 cm³/mol. The predicted octanol–water partition coefficient (Wildman–Crippen LogP) is 0.580. The maximum absolute atomic E-state index is 12.5. The summed E-state index contributed by atoms with van der Waals surface area (Å²) in [6.07, 6.45) is 2.19. The van der Waals surface area contributed by atoms with E-state index in [0.717, 1.165) is 13.1 Å². The molecule has 1 saturated heterocycles. The van der Waals surface area contributed by atoms with Gasteiger partial charge >= 0.3 is 0 Å². The van der Waals surface area contributed by atoms with Gasteiger partial charge in [0.25, 0.3) is 0 Å². The monoisotopic (exact) mass is 304 g/mol. The minimum atomic E-state index is -1.10. The number of aromatic nitrogens is 2. The molecule has 1 unspecified atom stereocenters. The van der Waals surface area contributed by atoms with Gasteiger partial charge in [0, 0.05) is 43.2 Å². The number of hydrogen-bond acceptors (Lipinski definition) is 6. The first kappa shape index (κ1) is 16.8. The largest absolute Gasteiger partial charge is 0.384 e. The van der Waals surface area contributed by atoms with Crippen molar-refractivity contribution in [1.82, 2.24) is 9.97 Å². The summed E-state index contributed by atoms with van der Waals surface area (Å²) in [5.74, 6) is 0.581. The second-order valence-corrected chi connectivity index (χ2v) is 4.21. The van der Waals surface area contributed by atoms with Crippen molar-refractivity contribution in [2.75, 3.05) is 37.7 Å². The Labute approximate surface area is 122 Å². The van der Waals surface area contributed by atoms with E-state index in [2.05, 4.69) is 9.97 Å². The summed E-state index contributed by atoms with van der Waals surface area (Å²) in [6.45, 7) is 2.72. The Morgan fingerprint density at radius 3 is 2.55 bits per heavy atom. The quantitative estimate of drug-likeness (QED) is 0.846. The fourth-order valence-corrected chi connectivity index (χ4v) is 1.83. The zero-order chi connectivity index (χ0) is 13.7. The van der Waals surface area contributed by atoms with Crippen LogP contribution in [0.4, 0.5) is 10.3 Å². The second-order valence-electron chi connectivity index (χ2n) is 4.21. The minimum absolute atomic E-state index is 0. The molecule has 3 N–H and O–H groups in total. The number of hydrogen-bond donors (Lipinski definition) is 2. The van der Waals surface area contributed by atoms with Gasteiger partial charge in [-0.1, -0.05) is 0 Å². The number of nitrogens with zero attached hydrogens (tertiary/aromatic N) is 3. The highest BCUT2D eigenvalue weighted by Crippen LogP contribution is 2.20. The number of rotatable bonds is 4. The van der Waals surface area contributed by atoms with Crippen LogP contribution < -0.4 is 10.6 Å². The summed E-state index contributed by atoms with van der Waals surface area (Å²) in [5, 5.41) is 9.88. The Morgan fingerprint density at radius 2 is 2.05 bits per heavy atom. The maximum Gasteiger partial charge on any atom is 0.225 e. The molecule has 0 radical (unpaired) electrons. The Morgan fingerprint density at radius 1 is 1.45 bits per heavy atom. The van der Waals surface area contributed by atoms with Crippen LogP contribution in [0.1, 0.15) is 11.7 Å². The van der Waals surface area contributed by atoms with Gasteiger partial charge in [0.05, 0.1) is 19.5 Å². The van der Waals surface area contributed by atoms with Crippen LogP contribution >= 0.6 is 12.4 Å². The Hall–Kier alpha value is -1.28. The zero-order valence-corrected chi connectivity index (χ0v) is 11.7. The number of nitrogens with two attached hydrogens (primary N) is 1. The van der Waals surface area contributed by atoms with Crippen LogP contribution in [0.5, 0.6) is 0 Å². The number of halogens is 2. The summed E-state index contributed by atoms with van der Waals surface area (Å²) in [4.78, 5) is 10.4. The molecule has 6 nitrogen and oxygen atoms in total. The van der Waals surface area contributed by atoms with Crippen molar-refractivity contribution in [3.63, 3.8) is 0 Å². The lowest BCUT2D eigenvalue weighted by molar-refractivity contribution is 0.122. The highest BCUT2D eigenvalue weighted by Gasteiger charge is 2.16. The van der Waals surface area contributed by atoms with E-state index in [9.17, 15) is 9.50 Å². The van der Waals surface area contributed by atoms with Crippen LogP contribution in [0.3, 0.4) is 0 Å². The molecule has 112 valence electrons. The van der Waals surface area contributed by atoms with E-state index in [1.807, 2.05) is 4.90 Å². The SMILES string of the molecule is Cl.NCC(=CF)C(O)c1cnc(N2CCOCC2)nc1. The fraction of sp³-hybridized carbons (Fsp3) is 0.500. The fourth-order valence-electron chi connectivity index (χ4n) is 1.83. The van der Waals surface area contributed by atoms with Crippen molar-refractivity contribution in [2.24, 2.45) is 5.73 Å². The van der Waals surface area contributed by atoms with Gasteiger partial charge in [-0.25, -0.2) is 14.4 Å². The third-order valence-electron chi connectivity index (χ3n) is 2.99. The molecule has 1 aliphatic rings. The van der Waals surface area contributed by atoms with Crippen LogP contribution in [-0.4, -0.2) is 47.9 Å². The van der Waals surface area contributed by atoms with E-state index in [1.165, 1.54) is 12.4 Å². The first-order valence-electron chi connectivity index (χ1n) is 6.08. The standard InChI is InChI=1S/C12H17FN4O2.ClH/c13-5-9(6-14)11(18)10-7-15-12(16-8-10)17-1-3-19-4-2-17;/h5,7-8,11,18H,1-4,6,14H2;1H. The molecule has 2 rings (SSSR count). The van der Waals surface area contributed by atoms with E-state index in [4.69, 9.17) is 10.5 Å². The zero-order valence-electron chi connectivity index (χ0n) is 10.9. The third kappa shape index (κ3) is 3.86. The molecule has 20 heavy (non-hydrogen) atoms. The number of ether oxygens (including phenoxy) is 1. The van der Waals surface area contributed by atoms with E-state index in [-0.39, 0.29) is 24.5 Å². The first-order chi connectivity index (χ1) is 9.26. The molecule has 8 heteroatoms. The van der Waals surface area contributed by atoms with Crippen LogP contribution in [0, 0.1) is 0 Å². The van der Waals surface area contributed by atoms with Gasteiger partial charge in [0.1, 0.15) is 6.10 Å². The molecule has 0 amide bonds. The van der Waals surface area contributed by atoms with Crippen molar-refractivity contribution >= 4 is 18.4 Å². The molecule has 0 saturated carbocycles. The third-order valence-corrected chi connectivity index (χ3v) is 2.99. The number of morpholine rings is 1. The van der Waals surface area contributed by atoms with Gasteiger partial charge in [-0.2, -0.15) is 0 Å². The summed E-state index contributed by atoms with van der Waals surface area (Å²) >= 11 is 0. The number of anilines is 1. The van der Waals surface area contributed by atoms with Crippen molar-refractivity contribution in [1.29, 1.82) is 0 Å². The van der Waals surface area contributed by atoms with Crippen molar-refractivity contribution in [2.45, 2.75) is 6.10 Å². The van der Waals surface area contributed by atoms with Gasteiger partial charge in [0.15, 0.2) is 0 Å². The van der Waals surface area contributed by atoms with Gasteiger partial charge in [-0.15, -0.1) is 12.4 Å². The summed E-state index contributed by atoms with van der Waals surface area (Å²) in [7, 11) is 0. The van der Waals surface area contributed by atoms with Crippen molar-refractivity contribution < 1.29 is 14.2 Å². The Bertz CT molecular complexity index is 438. The van der Waals surface area contributed by atoms with Crippen molar-refractivity contribution in [3.05, 3.63) is 29.9 Å². The lowest BCUT2D eigenvalue weighted by Gasteiger charge is -2.26. The number of aliphatic hydroxyl groups is 1. The van der Waals surface area contributed by atoms with Crippen LogP contribution in [0.15, 0.2) is 24.3 Å². The molecule has 1 aromatic rings. The van der Waals surface area contributed by atoms with E-state index >= 15 is 0 Å². The lowest BCUT2D eigenvalue weighted by Crippen LogP contribution is -2.37. The van der Waals surface area contributed by atoms with Gasteiger partial charge < -0.3 is 20.5 Å². The van der Waals surface area contributed by atoms with Gasteiger partial charge in [-0.05, 0) is 0 Å². The van der Waals surface area contributed by atoms with Crippen molar-refractivity contribution in [3.8, 4) is 0 Å². The highest BCUT2D eigenvalue weighted by atomic mass is 35.5. The second kappa shape index (κ2) is 8.11. The molecule has 0 bridgehead atoms. The molecule has 1 aromatic heterocycles. The van der Waals surface area contributed by atoms with E-state index < -0.39 is 6.10 Å². The Kier molecular flexibility index (Phi) is 6.80. The lowest BCUT2D eigenvalue weighted by atomic mass is 10.1. The molecule has 1 fully saturated rings. The summed E-state index contributed by atoms with van der Waals surface area (Å²) in [6, 6.07) is 0. The topological polar surface area (TPSA) is 84.5 Å². The number of aliphatic hydroxyl groups excluding tert-OH is 1. The molecular weight excluding hydrogens is 287 g/mol.